The predicted molar refractivity (Wildman–Crippen MR) is 96.6 cm³/mol. The van der Waals surface area contributed by atoms with Crippen LogP contribution in [0.5, 0.6) is 0 Å². The fraction of sp³-hybridized carbons (Fsp3) is 0.294. The largest absolute Gasteiger partial charge is 0.385 e. The van der Waals surface area contributed by atoms with Crippen molar-refractivity contribution in [1.29, 1.82) is 0 Å². The Morgan fingerprint density at radius 2 is 1.70 bits per heavy atom. The number of sulfonamides is 1. The van der Waals surface area contributed by atoms with Crippen molar-refractivity contribution in [2.24, 2.45) is 5.92 Å². The number of rotatable bonds is 7. The molecule has 2 aromatic carbocycles. The van der Waals surface area contributed by atoms with Crippen LogP contribution in [0.3, 0.4) is 0 Å². The van der Waals surface area contributed by atoms with Crippen LogP contribution in [0, 0.1) is 5.92 Å². The van der Waals surface area contributed by atoms with E-state index in [-0.39, 0.29) is 4.90 Å². The average Bonchev–Trinajstić information content (AvgIpc) is 2.48. The fourth-order valence-electron chi connectivity index (χ4n) is 2.01. The maximum absolute atomic E-state index is 12.3. The molecule has 0 aliphatic rings. The molecule has 2 N–H and O–H groups in total. The minimum absolute atomic E-state index is 0.143. The highest BCUT2D eigenvalue weighted by molar-refractivity contribution is 7.92. The number of nitrogens with one attached hydrogen (secondary N) is 2. The summed E-state index contributed by atoms with van der Waals surface area (Å²) in [5.41, 5.74) is 1.48. The van der Waals surface area contributed by atoms with Crippen LogP contribution >= 0.6 is 11.6 Å². The van der Waals surface area contributed by atoms with E-state index in [1.54, 1.807) is 24.3 Å². The topological polar surface area (TPSA) is 58.2 Å². The van der Waals surface area contributed by atoms with E-state index in [1.807, 2.05) is 12.1 Å². The molecule has 0 saturated heterocycles. The number of hydrogen-bond acceptors (Lipinski definition) is 3. The fourth-order valence-corrected chi connectivity index (χ4v) is 3.37. The summed E-state index contributed by atoms with van der Waals surface area (Å²) in [6.45, 7) is 5.25. The smallest absolute Gasteiger partial charge is 0.261 e. The van der Waals surface area contributed by atoms with Gasteiger partial charge in [0.15, 0.2) is 0 Å². The first-order valence-electron chi connectivity index (χ1n) is 7.49. The number of hydrogen-bond donors (Lipinski definition) is 2. The van der Waals surface area contributed by atoms with Gasteiger partial charge in [0, 0.05) is 22.9 Å². The summed E-state index contributed by atoms with van der Waals surface area (Å²) in [7, 11) is -3.63. The molecule has 0 radical (unpaired) electrons. The van der Waals surface area contributed by atoms with Gasteiger partial charge in [0.1, 0.15) is 0 Å². The molecule has 0 spiro atoms. The van der Waals surface area contributed by atoms with Crippen LogP contribution in [0.25, 0.3) is 0 Å². The summed E-state index contributed by atoms with van der Waals surface area (Å²) in [4.78, 5) is 0.143. The van der Waals surface area contributed by atoms with E-state index in [0.717, 1.165) is 18.7 Å². The van der Waals surface area contributed by atoms with Crippen LogP contribution in [0.1, 0.15) is 20.3 Å². The molecule has 0 aliphatic heterocycles. The predicted octanol–water partition coefficient (Wildman–Crippen LogP) is 4.60. The molecule has 2 rings (SSSR count). The van der Waals surface area contributed by atoms with Crippen LogP contribution in [0.2, 0.25) is 5.02 Å². The molecule has 0 amide bonds. The third-order valence-corrected chi connectivity index (χ3v) is 4.91. The highest BCUT2D eigenvalue weighted by Gasteiger charge is 2.14. The second-order valence-corrected chi connectivity index (χ2v) is 7.87. The van der Waals surface area contributed by atoms with Crippen molar-refractivity contribution in [3.63, 3.8) is 0 Å². The zero-order chi connectivity index (χ0) is 16.9. The van der Waals surface area contributed by atoms with Crippen LogP contribution in [0.15, 0.2) is 53.4 Å². The molecule has 0 aliphatic carbocycles. The Bertz CT molecular complexity index is 743. The molecular formula is C17H21ClN2O2S. The normalized spacial score (nSPS) is 11.5. The lowest BCUT2D eigenvalue weighted by atomic mass is 10.1. The van der Waals surface area contributed by atoms with Crippen molar-refractivity contribution in [2.75, 3.05) is 16.6 Å². The van der Waals surface area contributed by atoms with Gasteiger partial charge in [-0.1, -0.05) is 31.5 Å². The zero-order valence-electron chi connectivity index (χ0n) is 13.2. The summed E-state index contributed by atoms with van der Waals surface area (Å²) in [6, 6.07) is 13.4. The number of anilines is 2. The molecule has 0 unspecified atom stereocenters. The SMILES string of the molecule is CC(C)CCNc1ccc(NS(=O)(=O)c2cccc(Cl)c2)cc1. The average molecular weight is 353 g/mol. The Hall–Kier alpha value is -1.72. The van der Waals surface area contributed by atoms with E-state index in [4.69, 9.17) is 11.6 Å². The Balaban J connectivity index is 2.03. The van der Waals surface area contributed by atoms with Gasteiger partial charge in [-0.25, -0.2) is 8.42 Å². The molecule has 23 heavy (non-hydrogen) atoms. The van der Waals surface area contributed by atoms with Gasteiger partial charge in [0.05, 0.1) is 4.90 Å². The maximum atomic E-state index is 12.3. The molecule has 0 aromatic heterocycles. The monoisotopic (exact) mass is 352 g/mol. The summed E-state index contributed by atoms with van der Waals surface area (Å²) >= 11 is 5.84. The minimum atomic E-state index is -3.63. The van der Waals surface area contributed by atoms with Gasteiger partial charge < -0.3 is 5.32 Å². The molecule has 0 heterocycles. The van der Waals surface area contributed by atoms with Gasteiger partial charge >= 0.3 is 0 Å². The first-order valence-corrected chi connectivity index (χ1v) is 9.35. The Morgan fingerprint density at radius 3 is 2.30 bits per heavy atom. The maximum Gasteiger partial charge on any atom is 0.261 e. The van der Waals surface area contributed by atoms with Crippen LogP contribution in [-0.4, -0.2) is 15.0 Å². The van der Waals surface area contributed by atoms with Crippen molar-refractivity contribution < 1.29 is 8.42 Å². The lowest BCUT2D eigenvalue weighted by Gasteiger charge is -2.11. The lowest BCUT2D eigenvalue weighted by molar-refractivity contribution is 0.601. The highest BCUT2D eigenvalue weighted by atomic mass is 35.5. The molecule has 0 atom stereocenters. The summed E-state index contributed by atoms with van der Waals surface area (Å²) in [5.74, 6) is 0.645. The van der Waals surface area contributed by atoms with E-state index >= 15 is 0 Å². The van der Waals surface area contributed by atoms with Gasteiger partial charge in [0.25, 0.3) is 10.0 Å². The van der Waals surface area contributed by atoms with Gasteiger partial charge in [-0.3, -0.25) is 4.72 Å². The van der Waals surface area contributed by atoms with E-state index in [0.29, 0.717) is 16.6 Å². The Morgan fingerprint density at radius 1 is 1.04 bits per heavy atom. The van der Waals surface area contributed by atoms with Crippen molar-refractivity contribution in [3.05, 3.63) is 53.6 Å². The van der Waals surface area contributed by atoms with Crippen molar-refractivity contribution in [1.82, 2.24) is 0 Å². The molecule has 4 nitrogen and oxygen atoms in total. The van der Waals surface area contributed by atoms with Gasteiger partial charge in [-0.2, -0.15) is 0 Å². The highest BCUT2D eigenvalue weighted by Crippen LogP contribution is 2.20. The van der Waals surface area contributed by atoms with Crippen molar-refractivity contribution in [2.45, 2.75) is 25.2 Å². The molecular weight excluding hydrogens is 332 g/mol. The van der Waals surface area contributed by atoms with E-state index in [2.05, 4.69) is 23.9 Å². The van der Waals surface area contributed by atoms with Gasteiger partial charge in [-0.05, 0) is 54.8 Å². The van der Waals surface area contributed by atoms with Gasteiger partial charge in [0.2, 0.25) is 0 Å². The van der Waals surface area contributed by atoms with Crippen molar-refractivity contribution in [3.8, 4) is 0 Å². The second-order valence-electron chi connectivity index (χ2n) is 5.75. The minimum Gasteiger partial charge on any atom is -0.385 e. The van der Waals surface area contributed by atoms with Crippen LogP contribution in [-0.2, 0) is 10.0 Å². The quantitative estimate of drug-likeness (QED) is 0.765. The van der Waals surface area contributed by atoms with E-state index in [1.165, 1.54) is 12.1 Å². The Kier molecular flexibility index (Phi) is 5.91. The molecule has 0 saturated carbocycles. The summed E-state index contributed by atoms with van der Waals surface area (Å²) in [6.07, 6.45) is 1.09. The molecule has 0 bridgehead atoms. The molecule has 6 heteroatoms. The van der Waals surface area contributed by atoms with E-state index in [9.17, 15) is 8.42 Å². The van der Waals surface area contributed by atoms with Crippen LogP contribution in [0.4, 0.5) is 11.4 Å². The summed E-state index contributed by atoms with van der Waals surface area (Å²) < 4.78 is 27.1. The third kappa shape index (κ3) is 5.44. The lowest BCUT2D eigenvalue weighted by Crippen LogP contribution is -2.13. The van der Waals surface area contributed by atoms with Gasteiger partial charge in [-0.15, -0.1) is 0 Å². The number of benzene rings is 2. The molecule has 124 valence electrons. The number of halogens is 1. The second kappa shape index (κ2) is 7.70. The molecule has 2 aromatic rings. The zero-order valence-corrected chi connectivity index (χ0v) is 14.8. The molecule has 0 fully saturated rings. The van der Waals surface area contributed by atoms with E-state index < -0.39 is 10.0 Å². The first-order chi connectivity index (χ1) is 10.9. The Labute approximate surface area is 142 Å². The van der Waals surface area contributed by atoms with Crippen LogP contribution < -0.4 is 10.0 Å². The third-order valence-electron chi connectivity index (χ3n) is 3.29. The van der Waals surface area contributed by atoms with Crippen molar-refractivity contribution >= 4 is 33.0 Å². The first kappa shape index (κ1) is 17.6. The summed E-state index contributed by atoms with van der Waals surface area (Å²) in [5, 5.41) is 3.70. The standard InChI is InChI=1S/C17H21ClN2O2S/c1-13(2)10-11-19-15-6-8-16(9-7-15)20-23(21,22)17-5-3-4-14(18)12-17/h3-9,12-13,19-20H,10-11H2,1-2H3.